The van der Waals surface area contributed by atoms with Gasteiger partial charge in [0.1, 0.15) is 0 Å². The maximum absolute atomic E-state index is 12.7. The number of halogens is 2. The Balaban J connectivity index is 1.80. The summed E-state index contributed by atoms with van der Waals surface area (Å²) in [5, 5.41) is 10.5. The fourth-order valence-corrected chi connectivity index (χ4v) is 4.79. The van der Waals surface area contributed by atoms with E-state index in [2.05, 4.69) is 15.5 Å². The lowest BCUT2D eigenvalue weighted by Crippen LogP contribution is -2.34. The van der Waals surface area contributed by atoms with E-state index in [1.807, 2.05) is 12.1 Å². The summed E-state index contributed by atoms with van der Waals surface area (Å²) in [7, 11) is -3.73. The molecule has 3 rings (SSSR count). The highest BCUT2D eigenvalue weighted by Crippen LogP contribution is 2.22. The molecule has 28 heavy (non-hydrogen) atoms. The van der Waals surface area contributed by atoms with Crippen molar-refractivity contribution in [1.29, 1.82) is 0 Å². The summed E-state index contributed by atoms with van der Waals surface area (Å²) in [4.78, 5) is 12.6. The molecule has 3 aromatic rings. The molecule has 0 aliphatic carbocycles. The van der Waals surface area contributed by atoms with E-state index < -0.39 is 10.0 Å². The number of rotatable bonds is 8. The first-order valence-electron chi connectivity index (χ1n) is 8.43. The van der Waals surface area contributed by atoms with Crippen molar-refractivity contribution >= 4 is 55.7 Å². The standard InChI is InChI=1S/C18H18Cl2N4O3S/c19-8-10-24(11-9-20)28(26,27)15-6-4-13(5-7-15)18(25)22-16-3-1-2-14-12-21-23-17(14)16/h1-7,12H,8-11H2,(H,21,23)(H,22,25). The van der Waals surface area contributed by atoms with E-state index in [-0.39, 0.29) is 35.7 Å². The zero-order valence-electron chi connectivity index (χ0n) is 14.7. The Morgan fingerprint density at radius 3 is 2.39 bits per heavy atom. The van der Waals surface area contributed by atoms with Gasteiger partial charge in [-0.25, -0.2) is 8.42 Å². The third-order valence-corrected chi connectivity index (χ3v) is 6.40. The number of aromatic amines is 1. The molecule has 148 valence electrons. The number of anilines is 1. The van der Waals surface area contributed by atoms with E-state index in [1.54, 1.807) is 12.3 Å². The highest BCUT2D eigenvalue weighted by Gasteiger charge is 2.23. The van der Waals surface area contributed by atoms with Gasteiger partial charge in [-0.2, -0.15) is 9.40 Å². The molecule has 1 amide bonds. The van der Waals surface area contributed by atoms with Gasteiger partial charge in [0.15, 0.2) is 0 Å². The number of sulfonamides is 1. The van der Waals surface area contributed by atoms with Crippen molar-refractivity contribution in [1.82, 2.24) is 14.5 Å². The van der Waals surface area contributed by atoms with Gasteiger partial charge in [-0.05, 0) is 30.3 Å². The zero-order valence-corrected chi connectivity index (χ0v) is 17.1. The summed E-state index contributed by atoms with van der Waals surface area (Å²) in [5.74, 6) is -0.0321. The van der Waals surface area contributed by atoms with Gasteiger partial charge in [0.05, 0.1) is 22.3 Å². The van der Waals surface area contributed by atoms with Gasteiger partial charge in [0.2, 0.25) is 10.0 Å². The van der Waals surface area contributed by atoms with Crippen LogP contribution in [0.1, 0.15) is 10.4 Å². The molecule has 0 bridgehead atoms. The van der Waals surface area contributed by atoms with E-state index in [4.69, 9.17) is 23.2 Å². The summed E-state index contributed by atoms with van der Waals surface area (Å²) < 4.78 is 26.6. The quantitative estimate of drug-likeness (QED) is 0.525. The van der Waals surface area contributed by atoms with Gasteiger partial charge >= 0.3 is 0 Å². The Hall–Kier alpha value is -2.13. The van der Waals surface area contributed by atoms with Crippen molar-refractivity contribution in [2.75, 3.05) is 30.2 Å². The molecule has 0 saturated carbocycles. The molecule has 0 spiro atoms. The maximum Gasteiger partial charge on any atom is 0.255 e. The van der Waals surface area contributed by atoms with Gasteiger partial charge in [0.25, 0.3) is 5.91 Å². The predicted molar refractivity (Wildman–Crippen MR) is 111 cm³/mol. The number of para-hydroxylation sites is 1. The minimum atomic E-state index is -3.73. The number of carbonyl (C=O) groups is 1. The Morgan fingerprint density at radius 1 is 1.07 bits per heavy atom. The Kier molecular flexibility index (Phi) is 6.56. The molecule has 2 aromatic carbocycles. The van der Waals surface area contributed by atoms with Crippen LogP contribution in [0.2, 0.25) is 0 Å². The van der Waals surface area contributed by atoms with Crippen LogP contribution in [-0.4, -0.2) is 53.7 Å². The first-order valence-corrected chi connectivity index (χ1v) is 10.9. The lowest BCUT2D eigenvalue weighted by atomic mass is 10.2. The van der Waals surface area contributed by atoms with Crippen LogP contribution in [-0.2, 0) is 10.0 Å². The van der Waals surface area contributed by atoms with Gasteiger partial charge in [-0.1, -0.05) is 12.1 Å². The lowest BCUT2D eigenvalue weighted by molar-refractivity contribution is 0.102. The zero-order chi connectivity index (χ0) is 20.1. The number of alkyl halides is 2. The van der Waals surface area contributed by atoms with E-state index in [9.17, 15) is 13.2 Å². The SMILES string of the molecule is O=C(Nc1cccc2cn[nH]c12)c1ccc(S(=O)(=O)N(CCCl)CCCl)cc1. The Labute approximate surface area is 172 Å². The molecule has 0 fully saturated rings. The van der Waals surface area contributed by atoms with E-state index in [1.165, 1.54) is 28.6 Å². The monoisotopic (exact) mass is 440 g/mol. The molecule has 0 aliphatic rings. The second-order valence-electron chi connectivity index (χ2n) is 5.90. The number of benzene rings is 2. The number of amides is 1. The number of hydrogen-bond acceptors (Lipinski definition) is 4. The predicted octanol–water partition coefficient (Wildman–Crippen LogP) is 3.28. The van der Waals surface area contributed by atoms with Crippen LogP contribution < -0.4 is 5.32 Å². The molecular weight excluding hydrogens is 423 g/mol. The van der Waals surface area contributed by atoms with Gasteiger partial charge in [0, 0.05) is 35.8 Å². The fourth-order valence-electron chi connectivity index (χ4n) is 2.74. The molecule has 1 aromatic heterocycles. The first kappa shape index (κ1) is 20.6. The number of H-pyrrole nitrogens is 1. The topological polar surface area (TPSA) is 95.2 Å². The minimum Gasteiger partial charge on any atom is -0.320 e. The van der Waals surface area contributed by atoms with E-state index >= 15 is 0 Å². The Morgan fingerprint density at radius 2 is 1.75 bits per heavy atom. The van der Waals surface area contributed by atoms with Crippen molar-refractivity contribution in [3.8, 4) is 0 Å². The fraction of sp³-hybridized carbons (Fsp3) is 0.222. The molecule has 7 nitrogen and oxygen atoms in total. The number of nitrogens with one attached hydrogen (secondary N) is 2. The van der Waals surface area contributed by atoms with Crippen LogP contribution in [0, 0.1) is 0 Å². The number of nitrogens with zero attached hydrogens (tertiary/aromatic N) is 2. The van der Waals surface area contributed by atoms with Gasteiger partial charge in [-0.3, -0.25) is 9.89 Å². The molecule has 0 saturated heterocycles. The number of hydrogen-bond donors (Lipinski definition) is 2. The summed E-state index contributed by atoms with van der Waals surface area (Å²) in [6.07, 6.45) is 1.66. The third-order valence-electron chi connectivity index (χ3n) is 4.15. The molecular formula is C18H18Cl2N4O3S. The normalized spacial score (nSPS) is 11.8. The minimum absolute atomic E-state index is 0.0787. The highest BCUT2D eigenvalue weighted by atomic mass is 35.5. The number of aromatic nitrogens is 2. The summed E-state index contributed by atoms with van der Waals surface area (Å²) >= 11 is 11.4. The smallest absolute Gasteiger partial charge is 0.255 e. The van der Waals surface area contributed by atoms with Crippen molar-refractivity contribution in [3.63, 3.8) is 0 Å². The second kappa shape index (κ2) is 8.91. The molecule has 1 heterocycles. The average molecular weight is 441 g/mol. The molecule has 0 radical (unpaired) electrons. The molecule has 10 heteroatoms. The largest absolute Gasteiger partial charge is 0.320 e. The molecule has 0 unspecified atom stereocenters. The van der Waals surface area contributed by atoms with E-state index in [0.29, 0.717) is 16.8 Å². The van der Waals surface area contributed by atoms with Gasteiger partial charge < -0.3 is 5.32 Å². The van der Waals surface area contributed by atoms with Crippen LogP contribution in [0.5, 0.6) is 0 Å². The highest BCUT2D eigenvalue weighted by molar-refractivity contribution is 7.89. The van der Waals surface area contributed by atoms with Crippen molar-refractivity contribution in [2.24, 2.45) is 0 Å². The summed E-state index contributed by atoms with van der Waals surface area (Å²) in [6.45, 7) is 0.320. The van der Waals surface area contributed by atoms with Crippen LogP contribution in [0.3, 0.4) is 0 Å². The second-order valence-corrected chi connectivity index (χ2v) is 8.59. The van der Waals surface area contributed by atoms with Crippen LogP contribution >= 0.6 is 23.2 Å². The van der Waals surface area contributed by atoms with Crippen LogP contribution in [0.25, 0.3) is 10.9 Å². The van der Waals surface area contributed by atoms with Crippen LogP contribution in [0.4, 0.5) is 5.69 Å². The number of carbonyl (C=O) groups excluding carboxylic acids is 1. The summed E-state index contributed by atoms with van der Waals surface area (Å²) in [5.41, 5.74) is 1.64. The van der Waals surface area contributed by atoms with Crippen molar-refractivity contribution in [2.45, 2.75) is 4.90 Å². The first-order chi connectivity index (χ1) is 13.5. The lowest BCUT2D eigenvalue weighted by Gasteiger charge is -2.20. The van der Waals surface area contributed by atoms with Crippen LogP contribution in [0.15, 0.2) is 53.6 Å². The average Bonchev–Trinajstić information content (AvgIpc) is 3.18. The van der Waals surface area contributed by atoms with E-state index in [0.717, 1.165) is 5.39 Å². The molecule has 0 atom stereocenters. The van der Waals surface area contributed by atoms with Crippen molar-refractivity contribution in [3.05, 3.63) is 54.2 Å². The number of fused-ring (bicyclic) bond motifs is 1. The maximum atomic E-state index is 12.7. The molecule has 2 N–H and O–H groups in total. The van der Waals surface area contributed by atoms with Gasteiger partial charge in [-0.15, -0.1) is 23.2 Å². The Bertz CT molecular complexity index is 1060. The summed E-state index contributed by atoms with van der Waals surface area (Å²) in [6, 6.07) is 11.2. The third kappa shape index (κ3) is 4.30. The molecule has 0 aliphatic heterocycles. The van der Waals surface area contributed by atoms with Crippen molar-refractivity contribution < 1.29 is 13.2 Å².